The number of fused-ring (bicyclic) bond motifs is 3. The highest BCUT2D eigenvalue weighted by molar-refractivity contribution is 7.60. The molecule has 13 heteroatoms. The molecule has 3 aliphatic heterocycles. The van der Waals surface area contributed by atoms with Crippen molar-refractivity contribution in [2.24, 2.45) is 11.3 Å². The molecule has 1 saturated heterocycles. The zero-order valence-electron chi connectivity index (χ0n) is 28.0. The van der Waals surface area contributed by atoms with Gasteiger partial charge in [-0.05, 0) is 47.8 Å². The lowest BCUT2D eigenvalue weighted by Crippen LogP contribution is -2.58. The number of ether oxygens (including phenoxy) is 2. The number of nitrogens with zero attached hydrogens (tertiary/aromatic N) is 2. The van der Waals surface area contributed by atoms with Crippen LogP contribution in [0.5, 0.6) is 0 Å². The van der Waals surface area contributed by atoms with Crippen LogP contribution < -0.4 is 10.6 Å². The van der Waals surface area contributed by atoms with E-state index in [1.807, 2.05) is 12.1 Å². The van der Waals surface area contributed by atoms with Crippen LogP contribution in [0.1, 0.15) is 82.9 Å². The summed E-state index contributed by atoms with van der Waals surface area (Å²) in [5, 5.41) is 4.18. The molecule has 1 saturated carbocycles. The third kappa shape index (κ3) is 7.23. The van der Waals surface area contributed by atoms with E-state index in [1.54, 1.807) is 38.7 Å². The smallest absolute Gasteiger partial charge is 0.410 e. The van der Waals surface area contributed by atoms with Crippen molar-refractivity contribution in [3.05, 3.63) is 47.5 Å². The summed E-state index contributed by atoms with van der Waals surface area (Å²) in [7, 11) is -3.81. The van der Waals surface area contributed by atoms with Gasteiger partial charge in [-0.3, -0.25) is 19.1 Å². The van der Waals surface area contributed by atoms with E-state index >= 15 is 0 Å². The summed E-state index contributed by atoms with van der Waals surface area (Å²) in [6, 6.07) is 3.95. The SMILES string of the molecule is C=C[C@@H]1C[C@]1(NC(=O)[C@@H]1C[C@@H]2CN1C(=O)[C@H](C(C)(C)C)NC(=O)OCCCCCCc1cccc3c1CN(C3)C(=O)O2)P(=O)(O)CC. The zero-order valence-corrected chi connectivity index (χ0v) is 28.9. The molecule has 12 nitrogen and oxygen atoms in total. The molecule has 0 aromatic heterocycles. The first-order valence-electron chi connectivity index (χ1n) is 16.8. The predicted octanol–water partition coefficient (Wildman–Crippen LogP) is 4.67. The monoisotopic (exact) mass is 672 g/mol. The summed E-state index contributed by atoms with van der Waals surface area (Å²) in [4.78, 5) is 68.5. The van der Waals surface area contributed by atoms with Crippen molar-refractivity contribution >= 4 is 31.4 Å². The van der Waals surface area contributed by atoms with Gasteiger partial charge < -0.3 is 29.9 Å². The number of hydrogen-bond acceptors (Lipinski definition) is 7. The Balaban J connectivity index is 1.43. The zero-order chi connectivity index (χ0) is 34.1. The van der Waals surface area contributed by atoms with Crippen molar-refractivity contribution in [1.29, 1.82) is 0 Å². The number of aryl methyl sites for hydroxylation is 1. The molecular weight excluding hydrogens is 623 g/mol. The van der Waals surface area contributed by atoms with Crippen LogP contribution in [-0.2, 0) is 43.1 Å². The second-order valence-corrected chi connectivity index (χ2v) is 17.2. The number of rotatable bonds is 5. The Morgan fingerprint density at radius 1 is 1.17 bits per heavy atom. The molecule has 2 fully saturated rings. The van der Waals surface area contributed by atoms with E-state index in [4.69, 9.17) is 9.47 Å². The van der Waals surface area contributed by atoms with Crippen molar-refractivity contribution in [3.63, 3.8) is 0 Å². The van der Waals surface area contributed by atoms with Crippen LogP contribution in [0.25, 0.3) is 0 Å². The van der Waals surface area contributed by atoms with E-state index in [0.29, 0.717) is 19.5 Å². The van der Waals surface area contributed by atoms with Gasteiger partial charge in [-0.15, -0.1) is 6.58 Å². The standard InChI is InChI=1S/C34H49N4O8P/c1-6-24-18-34(24,47(43,44)7-2)36-29(39)27-17-25-20-38(27)30(40)28(33(3,4)5)35-31(41)45-16-11-9-8-10-13-22-14-12-15-23-19-37(21-26(22)23)32(42)46-25/h6,12,14-15,24-25,27-28H,1,7-11,13,16-21H2,2-5H3,(H,35,41)(H,36,39)(H,43,44)/t24-,25-,27+,28-,34+/m1/s1. The molecule has 6 atom stereocenters. The second kappa shape index (κ2) is 13.6. The molecule has 4 bridgehead atoms. The lowest BCUT2D eigenvalue weighted by Gasteiger charge is -2.35. The Bertz CT molecular complexity index is 1460. The van der Waals surface area contributed by atoms with Crippen LogP contribution in [-0.4, -0.2) is 81.5 Å². The lowest BCUT2D eigenvalue weighted by molar-refractivity contribution is -0.142. The van der Waals surface area contributed by atoms with Crippen LogP contribution in [0.4, 0.5) is 9.59 Å². The Labute approximate surface area is 277 Å². The van der Waals surface area contributed by atoms with Crippen molar-refractivity contribution in [2.75, 3.05) is 19.3 Å². The van der Waals surface area contributed by atoms with E-state index in [0.717, 1.165) is 36.8 Å². The molecule has 0 radical (unpaired) electrons. The molecule has 3 heterocycles. The average molecular weight is 673 g/mol. The predicted molar refractivity (Wildman–Crippen MR) is 176 cm³/mol. The Morgan fingerprint density at radius 2 is 1.89 bits per heavy atom. The summed E-state index contributed by atoms with van der Waals surface area (Å²) >= 11 is 0. The number of carbonyl (C=O) groups excluding carboxylic acids is 4. The minimum absolute atomic E-state index is 0.00660. The highest BCUT2D eigenvalue weighted by Gasteiger charge is 2.65. The average Bonchev–Trinajstić information content (AvgIpc) is 3.33. The fourth-order valence-corrected chi connectivity index (χ4v) is 9.08. The van der Waals surface area contributed by atoms with Gasteiger partial charge >= 0.3 is 12.2 Å². The Kier molecular flexibility index (Phi) is 10.1. The molecule has 4 aliphatic rings. The maximum atomic E-state index is 14.3. The molecular formula is C34H49N4O8P. The summed E-state index contributed by atoms with van der Waals surface area (Å²) < 4.78 is 24.7. The Hall–Kier alpha value is -3.37. The van der Waals surface area contributed by atoms with Crippen LogP contribution >= 0.6 is 7.37 Å². The first kappa shape index (κ1) is 35.0. The molecule has 5 rings (SSSR count). The summed E-state index contributed by atoms with van der Waals surface area (Å²) in [6.45, 7) is 11.7. The van der Waals surface area contributed by atoms with Gasteiger partial charge in [-0.2, -0.15) is 0 Å². The lowest BCUT2D eigenvalue weighted by atomic mass is 9.85. The third-order valence-electron chi connectivity index (χ3n) is 10.1. The van der Waals surface area contributed by atoms with Gasteiger partial charge in [0.05, 0.1) is 13.2 Å². The first-order chi connectivity index (χ1) is 22.2. The van der Waals surface area contributed by atoms with Crippen LogP contribution in [0.3, 0.4) is 0 Å². The normalized spacial score (nSPS) is 30.0. The van der Waals surface area contributed by atoms with Crippen LogP contribution in [0.15, 0.2) is 30.9 Å². The minimum Gasteiger partial charge on any atom is -0.450 e. The van der Waals surface area contributed by atoms with Gasteiger partial charge in [0.25, 0.3) is 0 Å². The van der Waals surface area contributed by atoms with Crippen molar-refractivity contribution in [3.8, 4) is 0 Å². The molecule has 1 unspecified atom stereocenters. The number of amides is 4. The highest BCUT2D eigenvalue weighted by Crippen LogP contribution is 2.69. The number of nitrogens with one attached hydrogen (secondary N) is 2. The molecule has 0 spiro atoms. The molecule has 3 N–H and O–H groups in total. The quantitative estimate of drug-likeness (QED) is 0.301. The maximum Gasteiger partial charge on any atom is 0.410 e. The highest BCUT2D eigenvalue weighted by atomic mass is 31.2. The minimum atomic E-state index is -3.81. The molecule has 1 aliphatic carbocycles. The molecule has 1 aromatic rings. The number of benzene rings is 1. The van der Waals surface area contributed by atoms with Gasteiger partial charge in [-0.25, -0.2) is 9.59 Å². The topological polar surface area (TPSA) is 155 Å². The van der Waals surface area contributed by atoms with Gasteiger partial charge in [0.15, 0.2) is 0 Å². The number of cyclic esters (lactones) is 1. The van der Waals surface area contributed by atoms with Crippen LogP contribution in [0, 0.1) is 11.3 Å². The van der Waals surface area contributed by atoms with E-state index in [9.17, 15) is 28.6 Å². The van der Waals surface area contributed by atoms with Gasteiger partial charge in [0.2, 0.25) is 19.2 Å². The van der Waals surface area contributed by atoms with Crippen LogP contribution in [0.2, 0.25) is 0 Å². The van der Waals surface area contributed by atoms with E-state index in [2.05, 4.69) is 23.3 Å². The summed E-state index contributed by atoms with van der Waals surface area (Å²) in [5.41, 5.74) is 2.64. The van der Waals surface area contributed by atoms with Gasteiger partial charge in [-0.1, -0.05) is 64.8 Å². The number of carbonyl (C=O) groups is 4. The fraction of sp³-hybridized carbons (Fsp3) is 0.647. The fourth-order valence-electron chi connectivity index (χ4n) is 7.12. The number of alkyl carbamates (subject to hydrolysis) is 1. The number of hydrogen-bond donors (Lipinski definition) is 3. The van der Waals surface area contributed by atoms with E-state index in [1.165, 1.54) is 10.5 Å². The maximum absolute atomic E-state index is 14.3. The second-order valence-electron chi connectivity index (χ2n) is 14.4. The molecule has 1 aromatic carbocycles. The van der Waals surface area contributed by atoms with Gasteiger partial charge in [0.1, 0.15) is 23.5 Å². The van der Waals surface area contributed by atoms with E-state index < -0.39 is 66.2 Å². The largest absolute Gasteiger partial charge is 0.450 e. The Morgan fingerprint density at radius 3 is 2.57 bits per heavy atom. The summed E-state index contributed by atoms with van der Waals surface area (Å²) in [5.74, 6) is -1.54. The molecule has 47 heavy (non-hydrogen) atoms. The first-order valence-corrected chi connectivity index (χ1v) is 18.6. The van der Waals surface area contributed by atoms with E-state index in [-0.39, 0.29) is 32.2 Å². The molecule has 258 valence electrons. The third-order valence-corrected chi connectivity index (χ3v) is 12.8. The molecule has 4 amide bonds. The van der Waals surface area contributed by atoms with Gasteiger partial charge in [0, 0.05) is 31.6 Å². The van der Waals surface area contributed by atoms with Crippen molar-refractivity contribution in [1.82, 2.24) is 20.4 Å². The van der Waals surface area contributed by atoms with Crippen molar-refractivity contribution in [2.45, 2.75) is 109 Å². The summed E-state index contributed by atoms with van der Waals surface area (Å²) in [6.07, 6.45) is 4.06. The van der Waals surface area contributed by atoms with Crippen molar-refractivity contribution < 1.29 is 38.1 Å².